The molecule has 4 heteroatoms. The van der Waals surface area contributed by atoms with E-state index in [2.05, 4.69) is 65.6 Å². The minimum absolute atomic E-state index is 0.658. The Morgan fingerprint density at radius 3 is 1.25 bits per heavy atom. The Labute approximate surface area is 232 Å². The normalized spacial score (nSPS) is 11.0. The maximum atomic E-state index is 4.88. The topological polar surface area (TPSA) is 51.6 Å². The second kappa shape index (κ2) is 10.4. The van der Waals surface area contributed by atoms with Crippen LogP contribution in [-0.4, -0.2) is 19.9 Å². The highest BCUT2D eigenvalue weighted by Crippen LogP contribution is 2.30. The number of aromatic nitrogens is 4. The van der Waals surface area contributed by atoms with E-state index >= 15 is 0 Å². The van der Waals surface area contributed by atoms with Crippen molar-refractivity contribution in [3.05, 3.63) is 146 Å². The smallest absolute Gasteiger partial charge is 0.164 e. The summed E-state index contributed by atoms with van der Waals surface area (Å²) in [5, 5.41) is 2.30. The summed E-state index contributed by atoms with van der Waals surface area (Å²) in [6, 6.07) is 45.8. The van der Waals surface area contributed by atoms with Crippen molar-refractivity contribution >= 4 is 10.8 Å². The number of hydrogen-bond acceptors (Lipinski definition) is 4. The third kappa shape index (κ3) is 4.74. The van der Waals surface area contributed by atoms with Gasteiger partial charge < -0.3 is 0 Å². The summed E-state index contributed by atoms with van der Waals surface area (Å²) in [5.74, 6) is 1.98. The van der Waals surface area contributed by atoms with E-state index in [1.54, 1.807) is 0 Å². The highest BCUT2D eigenvalue weighted by molar-refractivity contribution is 5.90. The third-order valence-electron chi connectivity index (χ3n) is 7.03. The van der Waals surface area contributed by atoms with Crippen LogP contribution in [0, 0.1) is 0 Å². The highest BCUT2D eigenvalue weighted by Gasteiger charge is 2.13. The maximum absolute atomic E-state index is 4.88. The summed E-state index contributed by atoms with van der Waals surface area (Å²) in [6.45, 7) is 0. The predicted molar refractivity (Wildman–Crippen MR) is 162 cm³/mol. The molecule has 0 saturated heterocycles. The molecule has 0 radical (unpaired) electrons. The third-order valence-corrected chi connectivity index (χ3v) is 7.03. The Bertz CT molecular complexity index is 1860. The fourth-order valence-electron chi connectivity index (χ4n) is 4.90. The van der Waals surface area contributed by atoms with Gasteiger partial charge >= 0.3 is 0 Å². The van der Waals surface area contributed by atoms with Gasteiger partial charge in [0.1, 0.15) is 0 Å². The number of benzene rings is 5. The standard InChI is InChI=1S/C36H24N4/c1-3-7-28(8-4-1)34-38-35(29-9-5-2-6-10-29)40-36(39-34)33-18-17-31-23-30(15-16-32(31)24-33)26-13-11-25(12-14-26)27-19-21-37-22-20-27/h1-24H. The Morgan fingerprint density at radius 1 is 0.300 bits per heavy atom. The summed E-state index contributed by atoms with van der Waals surface area (Å²) in [4.78, 5) is 18.7. The average Bonchev–Trinajstić information content (AvgIpc) is 3.05. The van der Waals surface area contributed by atoms with Gasteiger partial charge in [0.15, 0.2) is 17.5 Å². The SMILES string of the molecule is c1ccc(-c2nc(-c3ccccc3)nc(-c3ccc4cc(-c5ccc(-c6ccncc6)cc5)ccc4c3)n2)cc1. The van der Waals surface area contributed by atoms with Crippen molar-refractivity contribution in [3.63, 3.8) is 0 Å². The number of nitrogens with zero attached hydrogens (tertiary/aromatic N) is 4. The zero-order chi connectivity index (χ0) is 26.7. The molecule has 2 aromatic heterocycles. The first kappa shape index (κ1) is 23.6. The quantitative estimate of drug-likeness (QED) is 0.231. The van der Waals surface area contributed by atoms with E-state index in [0.29, 0.717) is 17.5 Å². The Morgan fingerprint density at radius 2 is 0.700 bits per heavy atom. The molecule has 0 aliphatic rings. The van der Waals surface area contributed by atoms with E-state index in [4.69, 9.17) is 15.0 Å². The van der Waals surface area contributed by atoms with Gasteiger partial charge in [0.25, 0.3) is 0 Å². The lowest BCUT2D eigenvalue weighted by molar-refractivity contribution is 1.07. The van der Waals surface area contributed by atoms with Crippen LogP contribution in [0.1, 0.15) is 0 Å². The second-order valence-corrected chi connectivity index (χ2v) is 9.63. The first-order chi connectivity index (χ1) is 19.8. The van der Waals surface area contributed by atoms with E-state index in [1.807, 2.05) is 85.2 Å². The van der Waals surface area contributed by atoms with Crippen LogP contribution in [0.25, 0.3) is 67.2 Å². The fraction of sp³-hybridized carbons (Fsp3) is 0. The summed E-state index contributed by atoms with van der Waals surface area (Å²) < 4.78 is 0. The molecular weight excluding hydrogens is 488 g/mol. The van der Waals surface area contributed by atoms with Crippen molar-refractivity contribution in [3.8, 4) is 56.4 Å². The molecule has 188 valence electrons. The second-order valence-electron chi connectivity index (χ2n) is 9.63. The summed E-state index contributed by atoms with van der Waals surface area (Å²) in [5.41, 5.74) is 7.59. The summed E-state index contributed by atoms with van der Waals surface area (Å²) in [6.07, 6.45) is 3.64. The fourth-order valence-corrected chi connectivity index (χ4v) is 4.90. The van der Waals surface area contributed by atoms with E-state index in [-0.39, 0.29) is 0 Å². The van der Waals surface area contributed by atoms with Gasteiger partial charge in [-0.2, -0.15) is 0 Å². The molecule has 7 aromatic rings. The minimum Gasteiger partial charge on any atom is -0.265 e. The van der Waals surface area contributed by atoms with E-state index in [0.717, 1.165) is 27.6 Å². The van der Waals surface area contributed by atoms with Crippen LogP contribution in [0.2, 0.25) is 0 Å². The molecule has 0 saturated carbocycles. The number of hydrogen-bond donors (Lipinski definition) is 0. The average molecular weight is 513 g/mol. The van der Waals surface area contributed by atoms with Gasteiger partial charge in [0.05, 0.1) is 0 Å². The van der Waals surface area contributed by atoms with Crippen LogP contribution >= 0.6 is 0 Å². The summed E-state index contributed by atoms with van der Waals surface area (Å²) in [7, 11) is 0. The van der Waals surface area contributed by atoms with E-state index in [9.17, 15) is 0 Å². The maximum Gasteiger partial charge on any atom is 0.164 e. The highest BCUT2D eigenvalue weighted by atomic mass is 15.0. The van der Waals surface area contributed by atoms with Gasteiger partial charge in [-0.15, -0.1) is 0 Å². The van der Waals surface area contributed by atoms with Crippen LogP contribution in [0.4, 0.5) is 0 Å². The Kier molecular flexibility index (Phi) is 6.11. The van der Waals surface area contributed by atoms with Gasteiger partial charge in [-0.25, -0.2) is 15.0 Å². The minimum atomic E-state index is 0.658. The lowest BCUT2D eigenvalue weighted by atomic mass is 9.98. The first-order valence-electron chi connectivity index (χ1n) is 13.2. The number of pyridine rings is 1. The van der Waals surface area contributed by atoms with Crippen molar-refractivity contribution in [2.45, 2.75) is 0 Å². The lowest BCUT2D eigenvalue weighted by Crippen LogP contribution is -2.00. The van der Waals surface area contributed by atoms with Gasteiger partial charge in [-0.3, -0.25) is 4.98 Å². The van der Waals surface area contributed by atoms with Crippen LogP contribution < -0.4 is 0 Å². The largest absolute Gasteiger partial charge is 0.265 e. The first-order valence-corrected chi connectivity index (χ1v) is 13.2. The zero-order valence-electron chi connectivity index (χ0n) is 21.6. The summed E-state index contributed by atoms with van der Waals surface area (Å²) >= 11 is 0. The van der Waals surface area contributed by atoms with Crippen LogP contribution in [0.15, 0.2) is 146 Å². The molecule has 0 unspecified atom stereocenters. The predicted octanol–water partition coefficient (Wildman–Crippen LogP) is 8.75. The molecule has 0 spiro atoms. The monoisotopic (exact) mass is 512 g/mol. The van der Waals surface area contributed by atoms with Gasteiger partial charge in [0.2, 0.25) is 0 Å². The Hall–Kier alpha value is -5.48. The molecule has 0 atom stereocenters. The van der Waals surface area contributed by atoms with Gasteiger partial charge in [-0.1, -0.05) is 109 Å². The lowest BCUT2D eigenvalue weighted by Gasteiger charge is -2.10. The van der Waals surface area contributed by atoms with E-state index < -0.39 is 0 Å². The molecular formula is C36H24N4. The molecule has 4 nitrogen and oxygen atoms in total. The molecule has 0 amide bonds. The number of rotatable bonds is 5. The molecule has 5 aromatic carbocycles. The zero-order valence-corrected chi connectivity index (χ0v) is 21.6. The molecule has 7 rings (SSSR count). The van der Waals surface area contributed by atoms with Crippen LogP contribution in [0.3, 0.4) is 0 Å². The molecule has 0 aliphatic heterocycles. The van der Waals surface area contributed by atoms with Gasteiger partial charge in [0, 0.05) is 29.1 Å². The van der Waals surface area contributed by atoms with Crippen molar-refractivity contribution in [2.75, 3.05) is 0 Å². The van der Waals surface area contributed by atoms with Gasteiger partial charge in [-0.05, 0) is 57.3 Å². The molecule has 0 fully saturated rings. The van der Waals surface area contributed by atoms with E-state index in [1.165, 1.54) is 22.1 Å². The van der Waals surface area contributed by atoms with Crippen molar-refractivity contribution in [1.82, 2.24) is 19.9 Å². The van der Waals surface area contributed by atoms with Crippen molar-refractivity contribution < 1.29 is 0 Å². The molecule has 2 heterocycles. The Balaban J connectivity index is 1.25. The van der Waals surface area contributed by atoms with Crippen molar-refractivity contribution in [2.24, 2.45) is 0 Å². The van der Waals surface area contributed by atoms with Crippen LogP contribution in [-0.2, 0) is 0 Å². The van der Waals surface area contributed by atoms with Crippen molar-refractivity contribution in [1.29, 1.82) is 0 Å². The molecule has 0 N–H and O–H groups in total. The molecule has 40 heavy (non-hydrogen) atoms. The molecule has 0 bridgehead atoms. The number of fused-ring (bicyclic) bond motifs is 1. The van der Waals surface area contributed by atoms with Crippen LogP contribution in [0.5, 0.6) is 0 Å². The molecule has 0 aliphatic carbocycles.